The summed E-state index contributed by atoms with van der Waals surface area (Å²) in [6.45, 7) is 1.60. The number of benzene rings is 2. The van der Waals surface area contributed by atoms with E-state index in [4.69, 9.17) is 5.26 Å². The van der Waals surface area contributed by atoms with Crippen LogP contribution in [-0.2, 0) is 14.9 Å². The number of hydrazone groups is 1. The van der Waals surface area contributed by atoms with Gasteiger partial charge in [-0.1, -0.05) is 6.07 Å². The van der Waals surface area contributed by atoms with Crippen LogP contribution in [0.2, 0.25) is 0 Å². The van der Waals surface area contributed by atoms with E-state index in [-0.39, 0.29) is 16.6 Å². The number of aliphatic hydroxyl groups excluding tert-OH is 1. The number of aryl methyl sites for hydroxylation is 1. The summed E-state index contributed by atoms with van der Waals surface area (Å²) in [5.41, 5.74) is 4.42. The van der Waals surface area contributed by atoms with Gasteiger partial charge in [0, 0.05) is 5.56 Å². The number of rotatable bonds is 4. The van der Waals surface area contributed by atoms with E-state index in [1.54, 1.807) is 49.5 Å². The molecule has 14 heteroatoms. The van der Waals surface area contributed by atoms with Crippen molar-refractivity contribution >= 4 is 54.9 Å². The minimum absolute atomic E-state index is 0.155. The van der Waals surface area contributed by atoms with Crippen molar-refractivity contribution in [1.82, 2.24) is 15.6 Å². The smallest absolute Gasteiger partial charge is 0.296 e. The van der Waals surface area contributed by atoms with E-state index in [0.717, 1.165) is 11.3 Å². The highest BCUT2D eigenvalue weighted by molar-refractivity contribution is 7.86. The first kappa shape index (κ1) is 22.3. The molecule has 1 aliphatic rings. The zero-order valence-corrected chi connectivity index (χ0v) is 18.4. The Morgan fingerprint density at radius 1 is 1.24 bits per heavy atom. The summed E-state index contributed by atoms with van der Waals surface area (Å²) in [5.74, 6) is -0.903. The third-order valence-corrected chi connectivity index (χ3v) is 6.85. The molecule has 0 saturated heterocycles. The number of aliphatic imine (C=N–C) groups is 1. The number of nitriles is 1. The van der Waals surface area contributed by atoms with Gasteiger partial charge in [0.1, 0.15) is 9.90 Å². The Labute approximate surface area is 191 Å². The van der Waals surface area contributed by atoms with Crippen LogP contribution >= 0.6 is 11.3 Å². The van der Waals surface area contributed by atoms with Crippen molar-refractivity contribution in [2.24, 2.45) is 10.1 Å². The van der Waals surface area contributed by atoms with Gasteiger partial charge in [-0.15, -0.1) is 11.3 Å². The summed E-state index contributed by atoms with van der Waals surface area (Å²) in [5, 5.41) is 27.3. The third-order valence-electron chi connectivity index (χ3n) is 4.54. The van der Waals surface area contributed by atoms with Crippen LogP contribution in [0.25, 0.3) is 20.8 Å². The maximum absolute atomic E-state index is 12.0. The van der Waals surface area contributed by atoms with E-state index >= 15 is 0 Å². The van der Waals surface area contributed by atoms with Crippen molar-refractivity contribution in [2.45, 2.75) is 18.0 Å². The highest BCUT2D eigenvalue weighted by atomic mass is 32.2. The lowest BCUT2D eigenvalue weighted by Gasteiger charge is -2.17. The second-order valence-corrected chi connectivity index (χ2v) is 9.14. The van der Waals surface area contributed by atoms with Crippen LogP contribution in [-0.4, -0.2) is 46.9 Å². The maximum atomic E-state index is 12.0. The van der Waals surface area contributed by atoms with E-state index in [9.17, 15) is 22.9 Å². The molecule has 0 radical (unpaired) electrons. The molecule has 1 aliphatic heterocycles. The Morgan fingerprint density at radius 3 is 2.61 bits per heavy atom. The minimum atomic E-state index is -4.41. The van der Waals surface area contributed by atoms with E-state index in [1.165, 1.54) is 0 Å². The lowest BCUT2D eigenvalue weighted by molar-refractivity contribution is -0.114. The number of aliphatic hydroxyl groups is 1. The number of hydrogen-bond acceptors (Lipinski definition) is 11. The van der Waals surface area contributed by atoms with Crippen molar-refractivity contribution < 1.29 is 22.9 Å². The zero-order chi connectivity index (χ0) is 23.8. The summed E-state index contributed by atoms with van der Waals surface area (Å²) in [7, 11) is -4.41. The van der Waals surface area contributed by atoms with Gasteiger partial charge in [-0.25, -0.2) is 9.98 Å². The molecule has 0 aliphatic carbocycles. The van der Waals surface area contributed by atoms with E-state index in [2.05, 4.69) is 31.1 Å². The minimum Gasteiger partial charge on any atom is -0.366 e. The summed E-state index contributed by atoms with van der Waals surface area (Å²) < 4.78 is 33.6. The highest BCUT2D eigenvalue weighted by Gasteiger charge is 2.27. The van der Waals surface area contributed by atoms with Gasteiger partial charge in [-0.2, -0.15) is 18.8 Å². The predicted molar refractivity (Wildman–Crippen MR) is 121 cm³/mol. The molecule has 12 nitrogen and oxygen atoms in total. The lowest BCUT2D eigenvalue weighted by Crippen LogP contribution is -2.51. The van der Waals surface area contributed by atoms with E-state index in [0.29, 0.717) is 32.0 Å². The van der Waals surface area contributed by atoms with Gasteiger partial charge in [0.05, 0.1) is 15.9 Å². The topological polar surface area (TPSA) is 189 Å². The first-order valence-electron chi connectivity index (χ1n) is 9.21. The molecule has 1 amide bonds. The van der Waals surface area contributed by atoms with Crippen LogP contribution in [0.1, 0.15) is 5.56 Å². The van der Waals surface area contributed by atoms with Crippen molar-refractivity contribution in [3.8, 4) is 16.8 Å². The monoisotopic (exact) mass is 485 g/mol. The number of carbonyl (C=O) groups is 1. The number of hydrogen-bond donors (Lipinski definition) is 5. The number of thiazole rings is 1. The molecule has 1 aromatic heterocycles. The van der Waals surface area contributed by atoms with Gasteiger partial charge in [0.15, 0.2) is 18.1 Å². The van der Waals surface area contributed by atoms with Crippen molar-refractivity contribution in [3.05, 3.63) is 42.0 Å². The molecule has 0 fully saturated rings. The van der Waals surface area contributed by atoms with Gasteiger partial charge >= 0.3 is 0 Å². The maximum Gasteiger partial charge on any atom is 0.296 e. The molecular weight excluding hydrogens is 470 g/mol. The fraction of sp³-hybridized carbons (Fsp3) is 0.105. The van der Waals surface area contributed by atoms with Gasteiger partial charge < -0.3 is 5.11 Å². The molecule has 0 saturated carbocycles. The Bertz CT molecular complexity index is 1470. The number of amides is 1. The average Bonchev–Trinajstić information content (AvgIpc) is 3.16. The van der Waals surface area contributed by atoms with Crippen molar-refractivity contribution in [1.29, 1.82) is 5.26 Å². The molecule has 2 heterocycles. The summed E-state index contributed by atoms with van der Waals surface area (Å²) in [6.07, 6.45) is 0.0315. The molecule has 3 aromatic rings. The molecule has 1 atom stereocenters. The van der Waals surface area contributed by atoms with Crippen LogP contribution in [0, 0.1) is 18.4 Å². The Morgan fingerprint density at radius 2 is 1.97 bits per heavy atom. The summed E-state index contributed by atoms with van der Waals surface area (Å²) in [4.78, 5) is 20.0. The van der Waals surface area contributed by atoms with Crippen LogP contribution in [0.5, 0.6) is 0 Å². The second kappa shape index (κ2) is 8.56. The number of fused-ring (bicyclic) bond motifs is 1. The molecule has 5 N–H and O–H groups in total. The number of aromatic nitrogens is 1. The standard InChI is InChI=1S/C19H15N7O5S2/c1-9-2-7-12-14(15(9)33(29,30)31)32-18(22-12)10-3-5-11(6-4-10)25-26-13-16(27)23-19(21-8-20)24-17(13)28/h2-7,16,25,27H,1H3,(H,29,30,31)(H2,21,23,24,28). The molecule has 1 unspecified atom stereocenters. The van der Waals surface area contributed by atoms with E-state index < -0.39 is 22.3 Å². The number of anilines is 1. The molecule has 0 spiro atoms. The Balaban J connectivity index is 1.57. The van der Waals surface area contributed by atoms with Crippen LogP contribution in [0.4, 0.5) is 5.69 Å². The van der Waals surface area contributed by atoms with Crippen LogP contribution < -0.4 is 16.1 Å². The van der Waals surface area contributed by atoms with Crippen molar-refractivity contribution in [2.75, 3.05) is 5.43 Å². The molecule has 168 valence electrons. The quantitative estimate of drug-likeness (QED) is 0.156. The summed E-state index contributed by atoms with van der Waals surface area (Å²) >= 11 is 1.14. The number of nitrogens with one attached hydrogen (secondary N) is 3. The fourth-order valence-corrected chi connectivity index (χ4v) is 5.37. The Hall–Kier alpha value is -3.90. The zero-order valence-electron chi connectivity index (χ0n) is 16.8. The predicted octanol–water partition coefficient (Wildman–Crippen LogP) is 1.16. The normalized spacial score (nSPS) is 17.4. The Kier molecular flexibility index (Phi) is 5.78. The molecule has 33 heavy (non-hydrogen) atoms. The molecular formula is C19H15N7O5S2. The van der Waals surface area contributed by atoms with Crippen LogP contribution in [0.3, 0.4) is 0 Å². The first-order valence-corrected chi connectivity index (χ1v) is 11.5. The number of guanidine groups is 1. The third kappa shape index (κ3) is 4.52. The first-order chi connectivity index (χ1) is 15.7. The van der Waals surface area contributed by atoms with Gasteiger partial charge in [0.25, 0.3) is 16.0 Å². The van der Waals surface area contributed by atoms with E-state index in [1.807, 2.05) is 0 Å². The lowest BCUT2D eigenvalue weighted by atomic mass is 10.2. The summed E-state index contributed by atoms with van der Waals surface area (Å²) in [6, 6.07) is 10.0. The number of carbonyl (C=O) groups excluding carboxylic acids is 1. The van der Waals surface area contributed by atoms with Crippen LogP contribution in [0.15, 0.2) is 51.4 Å². The molecule has 2 aromatic carbocycles. The molecule has 0 bridgehead atoms. The SMILES string of the molecule is Cc1ccc2nc(-c3ccc(NN=C4C(=O)NC(NC#N)=NC4O)cc3)sc2c1S(=O)(=O)O. The van der Waals surface area contributed by atoms with Gasteiger partial charge in [-0.3, -0.25) is 25.4 Å². The van der Waals surface area contributed by atoms with Gasteiger partial charge in [-0.05, 0) is 42.8 Å². The largest absolute Gasteiger partial charge is 0.366 e. The average molecular weight is 486 g/mol. The fourth-order valence-electron chi connectivity index (χ4n) is 3.05. The molecule has 4 rings (SSSR count). The highest BCUT2D eigenvalue weighted by Crippen LogP contribution is 2.36. The number of nitrogens with zero attached hydrogens (tertiary/aromatic N) is 4. The second-order valence-electron chi connectivity index (χ2n) is 6.78. The van der Waals surface area contributed by atoms with Gasteiger partial charge in [0.2, 0.25) is 5.96 Å². The van der Waals surface area contributed by atoms with Crippen molar-refractivity contribution in [3.63, 3.8) is 0 Å².